The van der Waals surface area contributed by atoms with E-state index in [1.807, 2.05) is 6.07 Å². The van der Waals surface area contributed by atoms with E-state index in [0.29, 0.717) is 6.04 Å². The van der Waals surface area contributed by atoms with Crippen molar-refractivity contribution in [1.29, 1.82) is 0 Å². The molecule has 1 aromatic heterocycles. The Hall–Kier alpha value is -0.990. The van der Waals surface area contributed by atoms with Crippen LogP contribution in [0.2, 0.25) is 5.02 Å². The van der Waals surface area contributed by atoms with Crippen LogP contribution < -0.4 is 0 Å². The molecule has 0 aliphatic heterocycles. The van der Waals surface area contributed by atoms with E-state index in [0.717, 1.165) is 17.9 Å². The number of halogens is 1. The molecule has 1 aliphatic rings. The molecular weight excluding hydrogens is 244 g/mol. The third kappa shape index (κ3) is 1.84. The first-order valence-corrected chi connectivity index (χ1v) is 6.90. The fraction of sp³-hybridized carbons (Fsp3) is 0.467. The van der Waals surface area contributed by atoms with Crippen LogP contribution in [0.5, 0.6) is 0 Å². The number of aryl methyl sites for hydroxylation is 2. The van der Waals surface area contributed by atoms with Crippen molar-refractivity contribution in [2.24, 2.45) is 0 Å². The van der Waals surface area contributed by atoms with Gasteiger partial charge in [-0.05, 0) is 63.5 Å². The van der Waals surface area contributed by atoms with E-state index in [9.17, 15) is 0 Å². The number of likely N-dealkylation sites (N-methyl/N-ethyl adjacent to an activating group) is 1. The molecule has 0 fully saturated rings. The van der Waals surface area contributed by atoms with Crippen LogP contribution in [0.15, 0.2) is 12.1 Å². The summed E-state index contributed by atoms with van der Waals surface area (Å²) in [6.45, 7) is 2.15. The quantitative estimate of drug-likeness (QED) is 0.833. The van der Waals surface area contributed by atoms with Crippen molar-refractivity contribution < 1.29 is 0 Å². The van der Waals surface area contributed by atoms with E-state index >= 15 is 0 Å². The molecule has 2 aromatic rings. The summed E-state index contributed by atoms with van der Waals surface area (Å²) < 4.78 is 0. The smallest absolute Gasteiger partial charge is 0.0476 e. The monoisotopic (exact) mass is 262 g/mol. The summed E-state index contributed by atoms with van der Waals surface area (Å²) in [6.07, 6.45) is 3.52. The van der Waals surface area contributed by atoms with Crippen molar-refractivity contribution >= 4 is 22.5 Å². The molecule has 3 rings (SSSR count). The molecule has 96 valence electrons. The molecule has 0 bridgehead atoms. The first kappa shape index (κ1) is 12.1. The average Bonchev–Trinajstić information content (AvgIpc) is 2.65. The van der Waals surface area contributed by atoms with Gasteiger partial charge >= 0.3 is 0 Å². The van der Waals surface area contributed by atoms with Gasteiger partial charge in [0.1, 0.15) is 0 Å². The van der Waals surface area contributed by atoms with Gasteiger partial charge in [0.05, 0.1) is 0 Å². The molecule has 1 atom stereocenters. The Morgan fingerprint density at radius 1 is 1.33 bits per heavy atom. The van der Waals surface area contributed by atoms with Crippen LogP contribution >= 0.6 is 11.6 Å². The number of fused-ring (bicyclic) bond motifs is 3. The summed E-state index contributed by atoms with van der Waals surface area (Å²) in [4.78, 5) is 5.89. The first-order valence-electron chi connectivity index (χ1n) is 6.52. The van der Waals surface area contributed by atoms with Crippen LogP contribution in [0, 0.1) is 6.92 Å². The maximum atomic E-state index is 6.14. The van der Waals surface area contributed by atoms with Gasteiger partial charge in [0.25, 0.3) is 0 Å². The van der Waals surface area contributed by atoms with Crippen LogP contribution in [-0.4, -0.2) is 30.0 Å². The number of nitrogens with zero attached hydrogens (tertiary/aromatic N) is 1. The zero-order valence-electron chi connectivity index (χ0n) is 11.2. The standard InChI is InChI=1S/C15H19ClN2/c1-9-6-10(16)7-14-15(9)12-8-11(18(2)3)4-5-13(12)17-14/h6-7,11,17H,4-5,8H2,1-3H3/t11-/m1/s1. The predicted molar refractivity (Wildman–Crippen MR) is 77.5 cm³/mol. The second-order valence-electron chi connectivity index (χ2n) is 5.59. The SMILES string of the molecule is Cc1cc(Cl)cc2[nH]c3c(c12)C[C@H](N(C)C)CC3. The third-order valence-corrected chi connectivity index (χ3v) is 4.37. The number of benzene rings is 1. The van der Waals surface area contributed by atoms with E-state index in [4.69, 9.17) is 11.6 Å². The maximum Gasteiger partial charge on any atom is 0.0476 e. The summed E-state index contributed by atoms with van der Waals surface area (Å²) in [5.41, 5.74) is 5.40. The Balaban J connectivity index is 2.15. The van der Waals surface area contributed by atoms with Crippen LogP contribution in [-0.2, 0) is 12.8 Å². The Morgan fingerprint density at radius 3 is 2.83 bits per heavy atom. The summed E-state index contributed by atoms with van der Waals surface area (Å²) in [5, 5.41) is 2.21. The van der Waals surface area contributed by atoms with Crippen LogP contribution in [0.3, 0.4) is 0 Å². The second-order valence-corrected chi connectivity index (χ2v) is 6.02. The molecule has 1 heterocycles. The minimum absolute atomic E-state index is 0.659. The van der Waals surface area contributed by atoms with Crippen molar-refractivity contribution in [2.75, 3.05) is 14.1 Å². The van der Waals surface area contributed by atoms with Crippen molar-refractivity contribution in [2.45, 2.75) is 32.2 Å². The van der Waals surface area contributed by atoms with Crippen LogP contribution in [0.25, 0.3) is 10.9 Å². The van der Waals surface area contributed by atoms with Gasteiger partial charge < -0.3 is 9.88 Å². The van der Waals surface area contributed by atoms with Gasteiger partial charge in [-0.15, -0.1) is 0 Å². The normalized spacial score (nSPS) is 19.5. The van der Waals surface area contributed by atoms with E-state index in [1.54, 1.807) is 0 Å². The van der Waals surface area contributed by atoms with E-state index in [2.05, 4.69) is 37.0 Å². The highest BCUT2D eigenvalue weighted by molar-refractivity contribution is 6.31. The van der Waals surface area contributed by atoms with Gasteiger partial charge in [-0.1, -0.05) is 11.6 Å². The Morgan fingerprint density at radius 2 is 2.11 bits per heavy atom. The molecule has 18 heavy (non-hydrogen) atoms. The zero-order chi connectivity index (χ0) is 12.9. The van der Waals surface area contributed by atoms with Crippen molar-refractivity contribution in [3.63, 3.8) is 0 Å². The highest BCUT2D eigenvalue weighted by Gasteiger charge is 2.24. The molecule has 0 amide bonds. The lowest BCUT2D eigenvalue weighted by Crippen LogP contribution is -2.33. The first-order chi connectivity index (χ1) is 8.56. The number of hydrogen-bond donors (Lipinski definition) is 1. The minimum atomic E-state index is 0.659. The molecule has 1 N–H and O–H groups in total. The number of aromatic nitrogens is 1. The molecule has 2 nitrogen and oxygen atoms in total. The molecule has 3 heteroatoms. The lowest BCUT2D eigenvalue weighted by molar-refractivity contribution is 0.268. The fourth-order valence-electron chi connectivity index (χ4n) is 3.16. The van der Waals surface area contributed by atoms with Gasteiger partial charge in [0.15, 0.2) is 0 Å². The maximum absolute atomic E-state index is 6.14. The molecule has 0 saturated heterocycles. The topological polar surface area (TPSA) is 19.0 Å². The number of rotatable bonds is 1. The second kappa shape index (κ2) is 4.29. The fourth-order valence-corrected chi connectivity index (χ4v) is 3.43. The largest absolute Gasteiger partial charge is 0.358 e. The summed E-state index contributed by atoms with van der Waals surface area (Å²) in [6, 6.07) is 4.77. The van der Waals surface area contributed by atoms with Gasteiger partial charge in [-0.2, -0.15) is 0 Å². The molecule has 0 saturated carbocycles. The number of H-pyrrole nitrogens is 1. The van der Waals surface area contributed by atoms with Crippen LogP contribution in [0.1, 0.15) is 23.2 Å². The molecule has 0 spiro atoms. The Bertz CT molecular complexity index is 598. The van der Waals surface area contributed by atoms with E-state index in [-0.39, 0.29) is 0 Å². The summed E-state index contributed by atoms with van der Waals surface area (Å²) in [7, 11) is 4.35. The minimum Gasteiger partial charge on any atom is -0.358 e. The van der Waals surface area contributed by atoms with Crippen molar-refractivity contribution in [3.8, 4) is 0 Å². The predicted octanol–water partition coefficient (Wildman–Crippen LogP) is 3.55. The van der Waals surface area contributed by atoms with Crippen LogP contribution in [0.4, 0.5) is 0 Å². The Kier molecular flexibility index (Phi) is 2.87. The van der Waals surface area contributed by atoms with E-state index < -0.39 is 0 Å². The molecule has 1 aromatic carbocycles. The number of hydrogen-bond acceptors (Lipinski definition) is 1. The number of nitrogens with one attached hydrogen (secondary N) is 1. The van der Waals surface area contributed by atoms with E-state index in [1.165, 1.54) is 34.1 Å². The molecule has 1 aliphatic carbocycles. The van der Waals surface area contributed by atoms with Gasteiger partial charge in [0, 0.05) is 27.7 Å². The molecule has 0 unspecified atom stereocenters. The molecular formula is C15H19ClN2. The van der Waals surface area contributed by atoms with Gasteiger partial charge in [-0.3, -0.25) is 0 Å². The van der Waals surface area contributed by atoms with Gasteiger partial charge in [-0.25, -0.2) is 0 Å². The third-order valence-electron chi connectivity index (χ3n) is 4.15. The highest BCUT2D eigenvalue weighted by atomic mass is 35.5. The average molecular weight is 263 g/mol. The highest BCUT2D eigenvalue weighted by Crippen LogP contribution is 2.33. The zero-order valence-corrected chi connectivity index (χ0v) is 11.9. The molecule has 0 radical (unpaired) electrons. The van der Waals surface area contributed by atoms with Crippen molar-refractivity contribution in [1.82, 2.24) is 9.88 Å². The lowest BCUT2D eigenvalue weighted by atomic mass is 9.90. The summed E-state index contributed by atoms with van der Waals surface area (Å²) >= 11 is 6.14. The lowest BCUT2D eigenvalue weighted by Gasteiger charge is -2.28. The van der Waals surface area contributed by atoms with Gasteiger partial charge in [0.2, 0.25) is 0 Å². The summed E-state index contributed by atoms with van der Waals surface area (Å²) in [5.74, 6) is 0. The Labute approximate surface area is 113 Å². The number of aromatic amines is 1. The van der Waals surface area contributed by atoms with Crippen molar-refractivity contribution in [3.05, 3.63) is 34.0 Å².